The number of nitrogens with zero attached hydrogens (tertiary/aromatic N) is 2. The Bertz CT molecular complexity index is 861. The number of carbonyl (C=O) groups is 1. The van der Waals surface area contributed by atoms with E-state index in [2.05, 4.69) is 53.6 Å². The molecule has 1 N–H and O–H groups in total. The average Bonchev–Trinajstić information content (AvgIpc) is 3.19. The van der Waals surface area contributed by atoms with Gasteiger partial charge in [-0.25, -0.2) is 4.98 Å². The summed E-state index contributed by atoms with van der Waals surface area (Å²) >= 11 is 3.23. The van der Waals surface area contributed by atoms with E-state index in [1.54, 1.807) is 23.1 Å². The quantitative estimate of drug-likeness (QED) is 0.571. The van der Waals surface area contributed by atoms with Crippen molar-refractivity contribution in [1.82, 2.24) is 15.2 Å². The Hall–Kier alpha value is -2.15. The van der Waals surface area contributed by atoms with Crippen LogP contribution in [0.5, 0.6) is 0 Å². The zero-order valence-electron chi connectivity index (χ0n) is 15.5. The minimum Gasteiger partial charge on any atom is -0.348 e. The van der Waals surface area contributed by atoms with Crippen LogP contribution in [0.25, 0.3) is 0 Å². The largest absolute Gasteiger partial charge is 0.348 e. The van der Waals surface area contributed by atoms with Gasteiger partial charge in [0.05, 0.1) is 16.8 Å². The topological polar surface area (TPSA) is 45.2 Å². The standard InChI is InChI=1S/C21H23N3OS2/c1-24(2)12-17-9-7-16(8-10-17)11-22-21(25)19-5-3-4-6-20(19)27-14-18-13-26-15-23-18/h3-10,13,15H,11-12,14H2,1-2H3,(H,22,25). The summed E-state index contributed by atoms with van der Waals surface area (Å²) in [7, 11) is 4.11. The van der Waals surface area contributed by atoms with Gasteiger partial charge in [-0.3, -0.25) is 4.79 Å². The molecule has 1 heterocycles. The first-order valence-corrected chi connectivity index (χ1v) is 10.6. The number of hydrogen-bond acceptors (Lipinski definition) is 5. The fourth-order valence-corrected chi connectivity index (χ4v) is 4.26. The highest BCUT2D eigenvalue weighted by atomic mass is 32.2. The molecule has 0 aliphatic heterocycles. The summed E-state index contributed by atoms with van der Waals surface area (Å²) in [5, 5.41) is 5.07. The van der Waals surface area contributed by atoms with Crippen LogP contribution in [-0.4, -0.2) is 29.9 Å². The van der Waals surface area contributed by atoms with Crippen molar-refractivity contribution in [2.75, 3.05) is 14.1 Å². The van der Waals surface area contributed by atoms with Crippen molar-refractivity contribution in [3.05, 3.63) is 81.8 Å². The smallest absolute Gasteiger partial charge is 0.252 e. The first-order valence-electron chi connectivity index (χ1n) is 8.71. The minimum atomic E-state index is -0.0475. The first-order chi connectivity index (χ1) is 13.1. The first kappa shape index (κ1) is 19.6. The molecule has 1 aromatic heterocycles. The summed E-state index contributed by atoms with van der Waals surface area (Å²) < 4.78 is 0. The van der Waals surface area contributed by atoms with Crippen LogP contribution in [0.4, 0.5) is 0 Å². The van der Waals surface area contributed by atoms with E-state index >= 15 is 0 Å². The molecule has 0 saturated heterocycles. The van der Waals surface area contributed by atoms with E-state index in [0.717, 1.165) is 28.5 Å². The van der Waals surface area contributed by atoms with Gasteiger partial charge >= 0.3 is 0 Å². The van der Waals surface area contributed by atoms with Gasteiger partial charge in [-0.2, -0.15) is 0 Å². The van der Waals surface area contributed by atoms with Gasteiger partial charge in [0, 0.05) is 29.1 Å². The number of carbonyl (C=O) groups excluding carboxylic acids is 1. The number of amides is 1. The van der Waals surface area contributed by atoms with Crippen LogP contribution in [0.15, 0.2) is 64.3 Å². The SMILES string of the molecule is CN(C)Cc1ccc(CNC(=O)c2ccccc2SCc2cscn2)cc1. The maximum atomic E-state index is 12.7. The Morgan fingerprint density at radius 2 is 1.85 bits per heavy atom. The van der Waals surface area contributed by atoms with Crippen molar-refractivity contribution in [3.63, 3.8) is 0 Å². The van der Waals surface area contributed by atoms with E-state index in [1.807, 2.05) is 35.2 Å². The molecule has 3 aromatic rings. The lowest BCUT2D eigenvalue weighted by molar-refractivity contribution is 0.0948. The second-order valence-corrected chi connectivity index (χ2v) is 8.24. The third-order valence-corrected chi connectivity index (χ3v) is 5.71. The molecule has 1 amide bonds. The number of hydrogen-bond donors (Lipinski definition) is 1. The van der Waals surface area contributed by atoms with Crippen molar-refractivity contribution >= 4 is 29.0 Å². The normalized spacial score (nSPS) is 10.9. The summed E-state index contributed by atoms with van der Waals surface area (Å²) in [5.41, 5.74) is 5.94. The lowest BCUT2D eigenvalue weighted by Gasteiger charge is -2.11. The summed E-state index contributed by atoms with van der Waals surface area (Å²) in [5.74, 6) is 0.718. The van der Waals surface area contributed by atoms with Gasteiger partial charge in [0.1, 0.15) is 0 Å². The number of aromatic nitrogens is 1. The molecular formula is C21H23N3OS2. The molecule has 3 rings (SSSR count). The van der Waals surface area contributed by atoms with Crippen molar-refractivity contribution in [2.24, 2.45) is 0 Å². The molecule has 0 saturated carbocycles. The molecule has 0 radical (unpaired) electrons. The molecule has 4 nitrogen and oxygen atoms in total. The van der Waals surface area contributed by atoms with E-state index in [0.29, 0.717) is 12.1 Å². The number of rotatable bonds is 8. The van der Waals surface area contributed by atoms with E-state index in [1.165, 1.54) is 5.56 Å². The fourth-order valence-electron chi connectivity index (χ4n) is 2.65. The minimum absolute atomic E-state index is 0.0475. The van der Waals surface area contributed by atoms with E-state index in [4.69, 9.17) is 0 Å². The second-order valence-electron chi connectivity index (χ2n) is 6.50. The molecule has 140 valence electrons. The van der Waals surface area contributed by atoms with Gasteiger partial charge in [0.2, 0.25) is 0 Å². The monoisotopic (exact) mass is 397 g/mol. The zero-order chi connectivity index (χ0) is 19.1. The van der Waals surface area contributed by atoms with Gasteiger partial charge in [0.15, 0.2) is 0 Å². The highest BCUT2D eigenvalue weighted by molar-refractivity contribution is 7.98. The molecule has 0 aliphatic rings. The Kier molecular flexibility index (Phi) is 7.04. The third kappa shape index (κ3) is 5.92. The van der Waals surface area contributed by atoms with Gasteiger partial charge < -0.3 is 10.2 Å². The molecule has 0 spiro atoms. The maximum Gasteiger partial charge on any atom is 0.252 e. The van der Waals surface area contributed by atoms with Crippen LogP contribution in [-0.2, 0) is 18.8 Å². The number of thioether (sulfide) groups is 1. The molecule has 0 fully saturated rings. The molecule has 0 atom stereocenters. The molecule has 0 unspecified atom stereocenters. The summed E-state index contributed by atoms with van der Waals surface area (Å²) in [6, 6.07) is 16.1. The number of benzene rings is 2. The van der Waals surface area contributed by atoms with Crippen LogP contribution in [0.3, 0.4) is 0 Å². The average molecular weight is 398 g/mol. The van der Waals surface area contributed by atoms with Gasteiger partial charge in [-0.1, -0.05) is 36.4 Å². The van der Waals surface area contributed by atoms with E-state index in [9.17, 15) is 4.79 Å². The van der Waals surface area contributed by atoms with Crippen molar-refractivity contribution in [1.29, 1.82) is 0 Å². The Labute approximate surface area is 168 Å². The Morgan fingerprint density at radius 3 is 2.56 bits per heavy atom. The molecule has 0 bridgehead atoms. The molecule has 6 heteroatoms. The van der Waals surface area contributed by atoms with Crippen LogP contribution >= 0.6 is 23.1 Å². The zero-order valence-corrected chi connectivity index (χ0v) is 17.1. The molecule has 0 aliphatic carbocycles. The van der Waals surface area contributed by atoms with Crippen LogP contribution < -0.4 is 5.32 Å². The summed E-state index contributed by atoms with van der Waals surface area (Å²) in [6.07, 6.45) is 0. The molecular weight excluding hydrogens is 374 g/mol. The third-order valence-electron chi connectivity index (χ3n) is 3.97. The predicted octanol–water partition coefficient (Wildman–Crippen LogP) is 4.43. The highest BCUT2D eigenvalue weighted by Gasteiger charge is 2.11. The highest BCUT2D eigenvalue weighted by Crippen LogP contribution is 2.26. The number of nitrogens with one attached hydrogen (secondary N) is 1. The summed E-state index contributed by atoms with van der Waals surface area (Å²) in [4.78, 5) is 20.1. The second kappa shape index (κ2) is 9.69. The lowest BCUT2D eigenvalue weighted by Crippen LogP contribution is -2.23. The van der Waals surface area contributed by atoms with E-state index in [-0.39, 0.29) is 5.91 Å². The Morgan fingerprint density at radius 1 is 1.11 bits per heavy atom. The van der Waals surface area contributed by atoms with Gasteiger partial charge in [-0.05, 0) is 37.4 Å². The van der Waals surface area contributed by atoms with Crippen molar-refractivity contribution in [3.8, 4) is 0 Å². The van der Waals surface area contributed by atoms with Gasteiger partial charge in [0.25, 0.3) is 5.91 Å². The number of thiazole rings is 1. The van der Waals surface area contributed by atoms with E-state index < -0.39 is 0 Å². The van der Waals surface area contributed by atoms with Crippen LogP contribution in [0.2, 0.25) is 0 Å². The van der Waals surface area contributed by atoms with Crippen LogP contribution in [0.1, 0.15) is 27.2 Å². The molecule has 27 heavy (non-hydrogen) atoms. The molecule has 2 aromatic carbocycles. The Balaban J connectivity index is 1.59. The summed E-state index contributed by atoms with van der Waals surface area (Å²) in [6.45, 7) is 1.43. The predicted molar refractivity (Wildman–Crippen MR) is 113 cm³/mol. The van der Waals surface area contributed by atoms with Gasteiger partial charge in [-0.15, -0.1) is 23.1 Å². The fraction of sp³-hybridized carbons (Fsp3) is 0.238. The lowest BCUT2D eigenvalue weighted by atomic mass is 10.1. The van der Waals surface area contributed by atoms with Crippen molar-refractivity contribution in [2.45, 2.75) is 23.7 Å². The maximum absolute atomic E-state index is 12.7. The van der Waals surface area contributed by atoms with Crippen LogP contribution in [0, 0.1) is 0 Å². The van der Waals surface area contributed by atoms with Crippen molar-refractivity contribution < 1.29 is 4.79 Å².